The van der Waals surface area contributed by atoms with Gasteiger partial charge in [0.2, 0.25) is 12.3 Å². The van der Waals surface area contributed by atoms with Crippen molar-refractivity contribution in [1.82, 2.24) is 10.2 Å². The number of benzene rings is 1. The molecule has 0 saturated carbocycles. The number of piperidine rings is 1. The third-order valence-corrected chi connectivity index (χ3v) is 5.21. The predicted octanol–water partition coefficient (Wildman–Crippen LogP) is 3.95. The molecule has 0 spiro atoms. The molecule has 27 heavy (non-hydrogen) atoms. The largest absolute Gasteiger partial charge is 0.464 e. The number of nitrogens with one attached hydrogen (secondary N) is 1. The Hall–Kier alpha value is -2.54. The molecule has 2 aromatic rings. The van der Waals surface area contributed by atoms with Gasteiger partial charge in [0.25, 0.3) is 5.24 Å². The van der Waals surface area contributed by atoms with Gasteiger partial charge in [-0.1, -0.05) is 6.07 Å². The number of nitrogens with zero attached hydrogens (tertiary/aromatic N) is 1. The number of likely N-dealkylation sites (tertiary alicyclic amines) is 1. The number of amides is 3. The van der Waals surface area contributed by atoms with Crippen LogP contribution in [0.1, 0.15) is 36.8 Å². The third-order valence-electron chi connectivity index (χ3n) is 4.61. The molecule has 0 radical (unpaired) electrons. The van der Waals surface area contributed by atoms with Crippen LogP contribution in [0.25, 0.3) is 17.0 Å². The number of imide groups is 1. The van der Waals surface area contributed by atoms with Crippen molar-refractivity contribution < 1.29 is 18.8 Å². The summed E-state index contributed by atoms with van der Waals surface area (Å²) in [6.45, 7) is 1.74. The van der Waals surface area contributed by atoms with E-state index in [9.17, 15) is 14.4 Å². The molecule has 142 valence electrons. The molecular weight excluding hydrogens is 364 g/mol. The van der Waals surface area contributed by atoms with E-state index in [0.717, 1.165) is 59.8 Å². The first-order valence-electron chi connectivity index (χ1n) is 9.02. The van der Waals surface area contributed by atoms with Gasteiger partial charge in [0.1, 0.15) is 5.58 Å². The average Bonchev–Trinajstić information content (AvgIpc) is 3.09. The van der Waals surface area contributed by atoms with Crippen molar-refractivity contribution in [3.05, 3.63) is 41.0 Å². The number of rotatable bonds is 6. The second kappa shape index (κ2) is 9.41. The van der Waals surface area contributed by atoms with Crippen LogP contribution in [-0.4, -0.2) is 35.5 Å². The molecule has 0 bridgehead atoms. The smallest absolute Gasteiger partial charge is 0.289 e. The summed E-state index contributed by atoms with van der Waals surface area (Å²) in [7, 11) is 0. The molecule has 0 aliphatic carbocycles. The molecule has 3 rings (SSSR count). The van der Waals surface area contributed by atoms with Crippen molar-refractivity contribution in [2.45, 2.75) is 32.1 Å². The van der Waals surface area contributed by atoms with Crippen molar-refractivity contribution in [3.63, 3.8) is 0 Å². The normalized spacial score (nSPS) is 14.6. The first kappa shape index (κ1) is 19.2. The van der Waals surface area contributed by atoms with E-state index in [2.05, 4.69) is 5.32 Å². The maximum atomic E-state index is 12.4. The highest BCUT2D eigenvalue weighted by atomic mass is 32.2. The van der Waals surface area contributed by atoms with Gasteiger partial charge < -0.3 is 9.32 Å². The summed E-state index contributed by atoms with van der Waals surface area (Å²) in [5, 5.41) is 4.24. The van der Waals surface area contributed by atoms with Crippen LogP contribution in [-0.2, 0) is 16.0 Å². The van der Waals surface area contributed by atoms with Crippen LogP contribution in [0, 0.1) is 0 Å². The summed E-state index contributed by atoms with van der Waals surface area (Å²) in [6.07, 6.45) is 8.40. The molecule has 0 unspecified atom stereocenters. The molecule has 7 heteroatoms. The van der Waals surface area contributed by atoms with E-state index in [0.29, 0.717) is 19.3 Å². The first-order chi connectivity index (χ1) is 13.2. The fourth-order valence-electron chi connectivity index (χ4n) is 3.20. The molecule has 1 fully saturated rings. The SMILES string of the molecule is O=CNC(=O)S/C=C\c1ccc2occ(CCC(=O)N3CCCCC3)c2c1. The van der Waals surface area contributed by atoms with Crippen molar-refractivity contribution in [1.29, 1.82) is 0 Å². The number of carbonyl (C=O) groups is 3. The molecule has 3 amide bonds. The Labute approximate surface area is 162 Å². The molecule has 1 aliphatic rings. The monoisotopic (exact) mass is 386 g/mol. The van der Waals surface area contributed by atoms with Gasteiger partial charge in [0.05, 0.1) is 6.26 Å². The van der Waals surface area contributed by atoms with E-state index in [4.69, 9.17) is 4.42 Å². The number of furan rings is 1. The van der Waals surface area contributed by atoms with Gasteiger partial charge in [-0.05, 0) is 72.2 Å². The molecule has 2 heterocycles. The topological polar surface area (TPSA) is 79.6 Å². The summed E-state index contributed by atoms with van der Waals surface area (Å²) in [5.74, 6) is 0.206. The minimum Gasteiger partial charge on any atom is -0.464 e. The Morgan fingerprint density at radius 2 is 2.04 bits per heavy atom. The van der Waals surface area contributed by atoms with E-state index in [-0.39, 0.29) is 5.91 Å². The van der Waals surface area contributed by atoms with Crippen LogP contribution >= 0.6 is 11.8 Å². The van der Waals surface area contributed by atoms with E-state index in [1.807, 2.05) is 23.1 Å². The quantitative estimate of drug-likeness (QED) is 0.761. The Balaban J connectivity index is 1.64. The summed E-state index contributed by atoms with van der Waals surface area (Å²) in [6, 6.07) is 5.75. The second-order valence-corrected chi connectivity index (χ2v) is 7.31. The number of thioether (sulfide) groups is 1. The lowest BCUT2D eigenvalue weighted by atomic mass is 10.0. The molecule has 1 saturated heterocycles. The zero-order valence-corrected chi connectivity index (χ0v) is 15.8. The van der Waals surface area contributed by atoms with Crippen LogP contribution < -0.4 is 5.32 Å². The van der Waals surface area contributed by atoms with E-state index >= 15 is 0 Å². The van der Waals surface area contributed by atoms with Crippen molar-refractivity contribution in [3.8, 4) is 0 Å². The average molecular weight is 386 g/mol. The molecule has 1 aromatic carbocycles. The van der Waals surface area contributed by atoms with E-state index < -0.39 is 5.24 Å². The minimum atomic E-state index is -0.428. The highest BCUT2D eigenvalue weighted by Crippen LogP contribution is 2.25. The van der Waals surface area contributed by atoms with Gasteiger partial charge in [0.15, 0.2) is 0 Å². The lowest BCUT2D eigenvalue weighted by Gasteiger charge is -2.26. The number of hydrogen-bond acceptors (Lipinski definition) is 5. The van der Waals surface area contributed by atoms with Gasteiger partial charge in [-0.25, -0.2) is 0 Å². The van der Waals surface area contributed by atoms with E-state index in [1.165, 1.54) is 6.42 Å². The summed E-state index contributed by atoms with van der Waals surface area (Å²) in [5.41, 5.74) is 2.70. The van der Waals surface area contributed by atoms with E-state index in [1.54, 1.807) is 17.7 Å². The standard InChI is InChI=1S/C20H22N2O4S/c23-14-21-20(25)27-11-8-15-4-6-18-17(12-15)16(13-26-18)5-7-19(24)22-9-2-1-3-10-22/h4,6,8,11-14H,1-3,5,7,9-10H2,(H,21,23,25)/b11-8-. The van der Waals surface area contributed by atoms with Gasteiger partial charge in [-0.15, -0.1) is 0 Å². The van der Waals surface area contributed by atoms with Crippen LogP contribution in [0.5, 0.6) is 0 Å². The first-order valence-corrected chi connectivity index (χ1v) is 9.90. The van der Waals surface area contributed by atoms with Crippen molar-refractivity contribution in [2.75, 3.05) is 13.1 Å². The van der Waals surface area contributed by atoms with Gasteiger partial charge in [-0.3, -0.25) is 19.7 Å². The molecule has 1 N–H and O–H groups in total. The van der Waals surface area contributed by atoms with Crippen LogP contribution in [0.15, 0.2) is 34.3 Å². The van der Waals surface area contributed by atoms with Crippen LogP contribution in [0.4, 0.5) is 4.79 Å². The van der Waals surface area contributed by atoms with Gasteiger partial charge in [0, 0.05) is 24.9 Å². The fraction of sp³-hybridized carbons (Fsp3) is 0.350. The molecule has 1 aromatic heterocycles. The Morgan fingerprint density at radius 1 is 1.22 bits per heavy atom. The number of aryl methyl sites for hydroxylation is 1. The fourth-order valence-corrected chi connectivity index (χ4v) is 3.66. The summed E-state index contributed by atoms with van der Waals surface area (Å²) < 4.78 is 5.60. The Bertz CT molecular complexity index is 853. The minimum absolute atomic E-state index is 0.206. The highest BCUT2D eigenvalue weighted by Gasteiger charge is 2.17. The Morgan fingerprint density at radius 3 is 2.81 bits per heavy atom. The maximum absolute atomic E-state index is 12.4. The number of carbonyl (C=O) groups excluding carboxylic acids is 3. The van der Waals surface area contributed by atoms with Crippen molar-refractivity contribution >= 4 is 46.4 Å². The second-order valence-electron chi connectivity index (χ2n) is 6.43. The Kier molecular flexibility index (Phi) is 6.70. The van der Waals surface area contributed by atoms with Gasteiger partial charge in [-0.2, -0.15) is 0 Å². The van der Waals surface area contributed by atoms with Crippen LogP contribution in [0.3, 0.4) is 0 Å². The summed E-state index contributed by atoms with van der Waals surface area (Å²) >= 11 is 0.902. The lowest BCUT2D eigenvalue weighted by Crippen LogP contribution is -2.35. The highest BCUT2D eigenvalue weighted by molar-refractivity contribution is 8.16. The molecule has 1 aliphatic heterocycles. The molecule has 6 nitrogen and oxygen atoms in total. The maximum Gasteiger partial charge on any atom is 0.289 e. The van der Waals surface area contributed by atoms with Crippen molar-refractivity contribution in [2.24, 2.45) is 0 Å². The zero-order chi connectivity index (χ0) is 19.1. The number of fused-ring (bicyclic) bond motifs is 1. The molecular formula is C20H22N2O4S. The van der Waals surface area contributed by atoms with Gasteiger partial charge >= 0.3 is 0 Å². The van der Waals surface area contributed by atoms with Crippen LogP contribution in [0.2, 0.25) is 0 Å². The third kappa shape index (κ3) is 5.23. The molecule has 0 atom stereocenters. The zero-order valence-electron chi connectivity index (χ0n) is 15.0. The lowest BCUT2D eigenvalue weighted by molar-refractivity contribution is -0.132. The number of hydrogen-bond donors (Lipinski definition) is 1. The summed E-state index contributed by atoms with van der Waals surface area (Å²) in [4.78, 5) is 35.8. The predicted molar refractivity (Wildman–Crippen MR) is 106 cm³/mol.